The van der Waals surface area contributed by atoms with Gasteiger partial charge in [-0.05, 0) is 44.6 Å². The molecule has 0 fully saturated rings. The Labute approximate surface area is 415 Å². The molecule has 0 aliphatic rings. The molecule has 66 heavy (non-hydrogen) atoms. The lowest BCUT2D eigenvalue weighted by Gasteiger charge is -2.05. The minimum atomic E-state index is -0.239. The van der Waals surface area contributed by atoms with Gasteiger partial charge in [0.15, 0.2) is 0 Å². The number of ether oxygens (including phenoxy) is 2. The van der Waals surface area contributed by atoms with Gasteiger partial charge in [0.2, 0.25) is 0 Å². The summed E-state index contributed by atoms with van der Waals surface area (Å²) < 4.78 is 10.5. The molecule has 0 aliphatic carbocycles. The highest BCUT2D eigenvalue weighted by Crippen LogP contribution is 2.16. The Kier molecular flexibility index (Phi) is 63.9. The van der Waals surface area contributed by atoms with Gasteiger partial charge in [0.25, 0.3) is 0 Å². The Hall–Kier alpha value is -1.58. The van der Waals surface area contributed by atoms with Crippen LogP contribution in [-0.4, -0.2) is 18.5 Å². The molecule has 0 saturated carbocycles. The maximum atomic E-state index is 11.8. The number of hydrogen-bond acceptors (Lipinski definition) is 4. The largest absolute Gasteiger partial charge is 0.466 e. The standard InChI is InChI=1S/C36H68O2.C26H52O2/c1-3-5-7-9-11-13-15-17-19-21-23-25-27-29-31-33-35-38-36(37)34-32-30-28-26-24-22-20-18-16-14-12-10-8-6-4-2;1-3-5-7-9-11-13-15-16-18-20-22-24-26(27)28-25-23-21-19-17-14-12-10-8-6-4-2/h32-35H,3-31H2,1-2H3;3-25H2,1-2H3. The minimum absolute atomic E-state index is 0.0202. The second kappa shape index (κ2) is 63.4. The lowest BCUT2D eigenvalue weighted by molar-refractivity contribution is -0.144. The summed E-state index contributed by atoms with van der Waals surface area (Å²) in [6.07, 6.45) is 74.8. The van der Waals surface area contributed by atoms with E-state index in [-0.39, 0.29) is 11.9 Å². The van der Waals surface area contributed by atoms with E-state index in [0.29, 0.717) is 13.0 Å². The number of hydrogen-bond donors (Lipinski definition) is 0. The Morgan fingerprint density at radius 1 is 0.303 bits per heavy atom. The van der Waals surface area contributed by atoms with Crippen molar-refractivity contribution in [2.75, 3.05) is 6.61 Å². The zero-order valence-electron chi connectivity index (χ0n) is 45.7. The number of allylic oxidation sites excluding steroid dienone is 2. The quantitative estimate of drug-likeness (QED) is 0.0264. The van der Waals surface area contributed by atoms with Crippen molar-refractivity contribution in [1.82, 2.24) is 0 Å². The molecule has 0 aliphatic heterocycles. The summed E-state index contributed by atoms with van der Waals surface area (Å²) in [4.78, 5) is 23.5. The predicted octanol–water partition coefficient (Wildman–Crippen LogP) is 22.1. The van der Waals surface area contributed by atoms with E-state index < -0.39 is 0 Å². The number of carbonyl (C=O) groups is 2. The number of esters is 2. The lowest BCUT2D eigenvalue weighted by atomic mass is 10.0. The Bertz CT molecular complexity index is 927. The molecule has 392 valence electrons. The predicted molar refractivity (Wildman–Crippen MR) is 293 cm³/mol. The molecule has 0 amide bonds. The van der Waals surface area contributed by atoms with Crippen LogP contribution in [0.25, 0.3) is 0 Å². The smallest absolute Gasteiger partial charge is 0.335 e. The average molecular weight is 930 g/mol. The summed E-state index contributed by atoms with van der Waals surface area (Å²) in [5.41, 5.74) is 0. The van der Waals surface area contributed by atoms with Gasteiger partial charge in [0, 0.05) is 12.5 Å². The number of carbonyl (C=O) groups excluding carboxylic acids is 2. The van der Waals surface area contributed by atoms with Crippen LogP contribution in [0.2, 0.25) is 0 Å². The molecular weight excluding hydrogens is 809 g/mol. The van der Waals surface area contributed by atoms with Crippen molar-refractivity contribution in [1.29, 1.82) is 0 Å². The van der Waals surface area contributed by atoms with Crippen LogP contribution < -0.4 is 0 Å². The average Bonchev–Trinajstić information content (AvgIpc) is 3.32. The van der Waals surface area contributed by atoms with E-state index in [9.17, 15) is 9.59 Å². The fourth-order valence-corrected chi connectivity index (χ4v) is 8.92. The normalized spacial score (nSPS) is 11.5. The Morgan fingerprint density at radius 3 is 0.879 bits per heavy atom. The van der Waals surface area contributed by atoms with Gasteiger partial charge < -0.3 is 9.47 Å². The molecule has 0 bridgehead atoms. The van der Waals surface area contributed by atoms with Crippen LogP contribution >= 0.6 is 0 Å². The molecule has 0 radical (unpaired) electrons. The molecule has 0 spiro atoms. The highest BCUT2D eigenvalue weighted by Gasteiger charge is 2.03. The molecule has 0 N–H and O–H groups in total. The molecule has 0 unspecified atom stereocenters. The molecule has 0 aromatic heterocycles. The van der Waals surface area contributed by atoms with Gasteiger partial charge >= 0.3 is 11.9 Å². The van der Waals surface area contributed by atoms with Crippen LogP contribution in [0.1, 0.15) is 355 Å². The summed E-state index contributed by atoms with van der Waals surface area (Å²) in [5.74, 6) is -0.219. The Morgan fingerprint density at radius 2 is 0.561 bits per heavy atom. The number of unbranched alkanes of at least 4 members (excludes halogenated alkanes) is 46. The summed E-state index contributed by atoms with van der Waals surface area (Å²) in [5, 5.41) is 0. The Balaban J connectivity index is 0. The van der Waals surface area contributed by atoms with Gasteiger partial charge in [0.05, 0.1) is 12.9 Å². The summed E-state index contributed by atoms with van der Waals surface area (Å²) in [6, 6.07) is 0. The highest BCUT2D eigenvalue weighted by atomic mass is 16.5. The van der Waals surface area contributed by atoms with Crippen molar-refractivity contribution in [2.45, 2.75) is 355 Å². The summed E-state index contributed by atoms with van der Waals surface area (Å²) in [7, 11) is 0. The van der Waals surface area contributed by atoms with E-state index in [1.165, 1.54) is 295 Å². The third-order valence-corrected chi connectivity index (χ3v) is 13.5. The van der Waals surface area contributed by atoms with Gasteiger partial charge in [-0.15, -0.1) is 0 Å². The first-order valence-corrected chi connectivity index (χ1v) is 30.3. The maximum absolute atomic E-state index is 11.8. The van der Waals surface area contributed by atoms with Crippen molar-refractivity contribution in [2.24, 2.45) is 0 Å². The fourth-order valence-electron chi connectivity index (χ4n) is 8.92. The second-order valence-electron chi connectivity index (χ2n) is 20.3. The van der Waals surface area contributed by atoms with Crippen LogP contribution in [0.3, 0.4) is 0 Å². The van der Waals surface area contributed by atoms with E-state index >= 15 is 0 Å². The molecule has 0 atom stereocenters. The van der Waals surface area contributed by atoms with Gasteiger partial charge in [0.1, 0.15) is 0 Å². The van der Waals surface area contributed by atoms with Crippen LogP contribution in [0.4, 0.5) is 0 Å². The zero-order valence-corrected chi connectivity index (χ0v) is 45.7. The van der Waals surface area contributed by atoms with Gasteiger partial charge in [-0.2, -0.15) is 0 Å². The molecular formula is C62H120O4. The monoisotopic (exact) mass is 929 g/mol. The second-order valence-corrected chi connectivity index (χ2v) is 20.3. The SMILES string of the molecule is CCCCCCCCCCCCCC(=O)OCCCCCCCCCCCC.CCCCCCCCCCCCCCCC=CC(=O)OC=CCCCCCCCCCCCCCCCC. The molecule has 4 nitrogen and oxygen atoms in total. The van der Waals surface area contributed by atoms with Crippen LogP contribution in [0, 0.1) is 0 Å². The van der Waals surface area contributed by atoms with E-state index in [4.69, 9.17) is 9.47 Å². The highest BCUT2D eigenvalue weighted by molar-refractivity contribution is 5.82. The van der Waals surface area contributed by atoms with Crippen molar-refractivity contribution in [3.05, 3.63) is 24.5 Å². The van der Waals surface area contributed by atoms with E-state index in [0.717, 1.165) is 25.7 Å². The zero-order chi connectivity index (χ0) is 48.2. The first-order chi connectivity index (χ1) is 32.6. The van der Waals surface area contributed by atoms with Gasteiger partial charge in [-0.3, -0.25) is 4.79 Å². The third kappa shape index (κ3) is 64.5. The van der Waals surface area contributed by atoms with Crippen LogP contribution in [-0.2, 0) is 19.1 Å². The summed E-state index contributed by atoms with van der Waals surface area (Å²) in [6.45, 7) is 9.74. The molecule has 0 heterocycles. The minimum Gasteiger partial charge on any atom is -0.466 e. The molecule has 0 aromatic rings. The fraction of sp³-hybridized carbons (Fsp3) is 0.903. The van der Waals surface area contributed by atoms with Crippen LogP contribution in [0.15, 0.2) is 24.5 Å². The van der Waals surface area contributed by atoms with E-state index in [2.05, 4.69) is 27.7 Å². The maximum Gasteiger partial charge on any atom is 0.335 e. The van der Waals surface area contributed by atoms with Gasteiger partial charge in [-0.25, -0.2) is 4.79 Å². The lowest BCUT2D eigenvalue weighted by Crippen LogP contribution is -2.05. The number of rotatable bonds is 54. The van der Waals surface area contributed by atoms with E-state index in [1.54, 1.807) is 12.3 Å². The van der Waals surface area contributed by atoms with Crippen LogP contribution in [0.5, 0.6) is 0 Å². The molecule has 0 rings (SSSR count). The van der Waals surface area contributed by atoms with Crippen molar-refractivity contribution in [3.8, 4) is 0 Å². The van der Waals surface area contributed by atoms with E-state index in [1.807, 2.05) is 12.2 Å². The van der Waals surface area contributed by atoms with Crippen molar-refractivity contribution in [3.63, 3.8) is 0 Å². The molecule has 4 heteroatoms. The molecule has 0 saturated heterocycles. The molecule has 0 aromatic carbocycles. The summed E-state index contributed by atoms with van der Waals surface area (Å²) >= 11 is 0. The van der Waals surface area contributed by atoms with Crippen molar-refractivity contribution < 1.29 is 19.1 Å². The first kappa shape index (κ1) is 66.5. The van der Waals surface area contributed by atoms with Crippen molar-refractivity contribution >= 4 is 11.9 Å². The topological polar surface area (TPSA) is 52.6 Å². The first-order valence-electron chi connectivity index (χ1n) is 30.3. The van der Waals surface area contributed by atoms with Gasteiger partial charge in [-0.1, -0.05) is 316 Å². The third-order valence-electron chi connectivity index (χ3n) is 13.5.